The van der Waals surface area contributed by atoms with Crippen LogP contribution < -0.4 is 4.31 Å². The second-order valence-corrected chi connectivity index (χ2v) is 6.88. The van der Waals surface area contributed by atoms with Crippen LogP contribution in [0, 0.1) is 0 Å². The van der Waals surface area contributed by atoms with Gasteiger partial charge in [0.15, 0.2) is 0 Å². The molecule has 1 aromatic heterocycles. The lowest BCUT2D eigenvalue weighted by atomic mass is 10.1. The third kappa shape index (κ3) is 3.61. The molecule has 0 aliphatic rings. The maximum atomic E-state index is 12.5. The van der Waals surface area contributed by atoms with Gasteiger partial charge in [-0.05, 0) is 42.7 Å². The molecule has 21 heavy (non-hydrogen) atoms. The lowest BCUT2D eigenvalue weighted by Gasteiger charge is -2.18. The smallest absolute Gasteiger partial charge is 0.253 e. The first kappa shape index (κ1) is 15.5. The Hall–Kier alpha value is -1.88. The van der Waals surface area contributed by atoms with Crippen molar-refractivity contribution in [2.45, 2.75) is 31.1 Å². The molecule has 0 bridgehead atoms. The SMILES string of the molecule is CCCCc1ccc(S(=O)(=O)N(C)c2ccccn2)cc1. The molecule has 0 N–H and O–H groups in total. The standard InChI is InChI=1S/C16H20N2O2S/c1-3-4-7-14-9-11-15(12-10-14)21(19,20)18(2)16-8-5-6-13-17-16/h5-6,8-13H,3-4,7H2,1-2H3. The van der Waals surface area contributed by atoms with E-state index in [0.717, 1.165) is 24.8 Å². The molecule has 1 heterocycles. The van der Waals surface area contributed by atoms with E-state index in [2.05, 4.69) is 11.9 Å². The van der Waals surface area contributed by atoms with Crippen molar-refractivity contribution < 1.29 is 8.42 Å². The fraction of sp³-hybridized carbons (Fsp3) is 0.312. The predicted molar refractivity (Wildman–Crippen MR) is 84.9 cm³/mol. The second-order valence-electron chi connectivity index (χ2n) is 4.91. The van der Waals surface area contributed by atoms with Gasteiger partial charge >= 0.3 is 0 Å². The quantitative estimate of drug-likeness (QED) is 0.823. The number of aryl methyl sites for hydroxylation is 1. The van der Waals surface area contributed by atoms with Crippen molar-refractivity contribution in [3.05, 3.63) is 54.2 Å². The van der Waals surface area contributed by atoms with Gasteiger partial charge in [-0.25, -0.2) is 13.4 Å². The van der Waals surface area contributed by atoms with Crippen LogP contribution in [0.5, 0.6) is 0 Å². The van der Waals surface area contributed by atoms with Crippen LogP contribution in [0.3, 0.4) is 0 Å². The summed E-state index contributed by atoms with van der Waals surface area (Å²) in [5.74, 6) is 0.410. The molecule has 5 heteroatoms. The summed E-state index contributed by atoms with van der Waals surface area (Å²) in [4.78, 5) is 4.36. The van der Waals surface area contributed by atoms with Gasteiger partial charge in [-0.1, -0.05) is 31.5 Å². The van der Waals surface area contributed by atoms with Crippen LogP contribution in [0.4, 0.5) is 5.82 Å². The van der Waals surface area contributed by atoms with Gasteiger partial charge in [-0.2, -0.15) is 0 Å². The molecule has 0 amide bonds. The summed E-state index contributed by atoms with van der Waals surface area (Å²) in [5.41, 5.74) is 1.16. The molecular formula is C16H20N2O2S. The summed E-state index contributed by atoms with van der Waals surface area (Å²) in [6.45, 7) is 2.14. The van der Waals surface area contributed by atoms with Gasteiger partial charge in [0.2, 0.25) is 0 Å². The Kier molecular flexibility index (Phi) is 4.96. The van der Waals surface area contributed by atoms with E-state index < -0.39 is 10.0 Å². The third-order valence-corrected chi connectivity index (χ3v) is 5.15. The highest BCUT2D eigenvalue weighted by molar-refractivity contribution is 7.92. The average Bonchev–Trinajstić information content (AvgIpc) is 2.53. The van der Waals surface area contributed by atoms with Crippen molar-refractivity contribution in [1.82, 2.24) is 4.98 Å². The number of sulfonamides is 1. The highest BCUT2D eigenvalue weighted by Gasteiger charge is 2.21. The highest BCUT2D eigenvalue weighted by atomic mass is 32.2. The first-order valence-corrected chi connectivity index (χ1v) is 8.48. The maximum Gasteiger partial charge on any atom is 0.265 e. The Morgan fingerprint density at radius 2 is 1.81 bits per heavy atom. The van der Waals surface area contributed by atoms with Crippen LogP contribution in [-0.2, 0) is 16.4 Å². The number of pyridine rings is 1. The van der Waals surface area contributed by atoms with Crippen molar-refractivity contribution in [2.75, 3.05) is 11.4 Å². The first-order chi connectivity index (χ1) is 10.1. The lowest BCUT2D eigenvalue weighted by Crippen LogP contribution is -2.27. The van der Waals surface area contributed by atoms with Crippen LogP contribution >= 0.6 is 0 Å². The fourth-order valence-electron chi connectivity index (χ4n) is 2.03. The van der Waals surface area contributed by atoms with E-state index in [1.807, 2.05) is 12.1 Å². The molecule has 0 aliphatic carbocycles. The number of anilines is 1. The zero-order valence-electron chi connectivity index (χ0n) is 12.4. The Morgan fingerprint density at radius 1 is 1.10 bits per heavy atom. The van der Waals surface area contributed by atoms with Crippen LogP contribution in [0.2, 0.25) is 0 Å². The van der Waals surface area contributed by atoms with Crippen LogP contribution in [0.25, 0.3) is 0 Å². The van der Waals surface area contributed by atoms with Crippen LogP contribution in [0.1, 0.15) is 25.3 Å². The van der Waals surface area contributed by atoms with Crippen LogP contribution in [0.15, 0.2) is 53.6 Å². The minimum Gasteiger partial charge on any atom is -0.253 e. The topological polar surface area (TPSA) is 50.3 Å². The summed E-state index contributed by atoms with van der Waals surface area (Å²) in [6, 6.07) is 12.3. The zero-order valence-corrected chi connectivity index (χ0v) is 13.2. The van der Waals surface area contributed by atoms with Crippen molar-refractivity contribution in [3.8, 4) is 0 Å². The molecule has 0 aliphatic heterocycles. The van der Waals surface area contributed by atoms with Crippen molar-refractivity contribution >= 4 is 15.8 Å². The van der Waals surface area contributed by atoms with E-state index in [1.165, 1.54) is 11.4 Å². The Bertz CT molecular complexity index is 667. The van der Waals surface area contributed by atoms with Gasteiger partial charge in [0.25, 0.3) is 10.0 Å². The summed E-state index contributed by atoms with van der Waals surface area (Å²) in [6.07, 6.45) is 4.80. The minimum atomic E-state index is -3.56. The third-order valence-electron chi connectivity index (χ3n) is 3.37. The van der Waals surface area contributed by atoms with Gasteiger partial charge in [0, 0.05) is 13.2 Å². The van der Waals surface area contributed by atoms with Crippen molar-refractivity contribution in [1.29, 1.82) is 0 Å². The second kappa shape index (κ2) is 6.72. The molecule has 1 aromatic carbocycles. The maximum absolute atomic E-state index is 12.5. The van der Waals surface area contributed by atoms with Crippen molar-refractivity contribution in [2.24, 2.45) is 0 Å². The Labute approximate surface area is 126 Å². The highest BCUT2D eigenvalue weighted by Crippen LogP contribution is 2.20. The number of hydrogen-bond donors (Lipinski definition) is 0. The Balaban J connectivity index is 2.23. The number of rotatable bonds is 6. The molecule has 0 spiro atoms. The molecular weight excluding hydrogens is 284 g/mol. The Morgan fingerprint density at radius 3 is 2.38 bits per heavy atom. The number of unbranched alkanes of at least 4 members (excludes halogenated alkanes) is 1. The number of benzene rings is 1. The average molecular weight is 304 g/mol. The van der Waals surface area contributed by atoms with E-state index in [4.69, 9.17) is 0 Å². The molecule has 0 radical (unpaired) electrons. The molecule has 112 valence electrons. The molecule has 0 saturated carbocycles. The summed E-state index contributed by atoms with van der Waals surface area (Å²) >= 11 is 0. The van der Waals surface area contributed by atoms with Gasteiger partial charge < -0.3 is 0 Å². The van der Waals surface area contributed by atoms with Gasteiger partial charge in [0.05, 0.1) is 4.90 Å². The number of aromatic nitrogens is 1. The van der Waals surface area contributed by atoms with Crippen LogP contribution in [-0.4, -0.2) is 20.4 Å². The van der Waals surface area contributed by atoms with E-state index in [9.17, 15) is 8.42 Å². The predicted octanol–water partition coefficient (Wildman–Crippen LogP) is 3.25. The lowest BCUT2D eigenvalue weighted by molar-refractivity contribution is 0.594. The molecule has 0 unspecified atom stereocenters. The molecule has 0 atom stereocenters. The van der Waals surface area contributed by atoms with E-state index >= 15 is 0 Å². The molecule has 0 fully saturated rings. The number of hydrogen-bond acceptors (Lipinski definition) is 3. The monoisotopic (exact) mass is 304 g/mol. The van der Waals surface area contributed by atoms with E-state index in [1.54, 1.807) is 36.5 Å². The fourth-order valence-corrected chi connectivity index (χ4v) is 3.18. The summed E-state index contributed by atoms with van der Waals surface area (Å²) in [7, 11) is -2.04. The summed E-state index contributed by atoms with van der Waals surface area (Å²) in [5, 5.41) is 0. The van der Waals surface area contributed by atoms with E-state index in [0.29, 0.717) is 5.82 Å². The molecule has 4 nitrogen and oxygen atoms in total. The minimum absolute atomic E-state index is 0.288. The number of nitrogens with zero attached hydrogens (tertiary/aromatic N) is 2. The van der Waals surface area contributed by atoms with E-state index in [-0.39, 0.29) is 4.90 Å². The van der Waals surface area contributed by atoms with Crippen molar-refractivity contribution in [3.63, 3.8) is 0 Å². The van der Waals surface area contributed by atoms with Gasteiger partial charge in [-0.3, -0.25) is 4.31 Å². The molecule has 2 aromatic rings. The molecule has 2 rings (SSSR count). The molecule has 0 saturated heterocycles. The zero-order chi connectivity index (χ0) is 15.3. The van der Waals surface area contributed by atoms with Gasteiger partial charge in [-0.15, -0.1) is 0 Å². The van der Waals surface area contributed by atoms with Gasteiger partial charge in [0.1, 0.15) is 5.82 Å². The normalized spacial score (nSPS) is 11.3. The largest absolute Gasteiger partial charge is 0.265 e. The summed E-state index contributed by atoms with van der Waals surface area (Å²) < 4.78 is 26.3. The first-order valence-electron chi connectivity index (χ1n) is 7.04.